The number of hydrogen-bond donors (Lipinski definition) is 0. The van der Waals surface area contributed by atoms with Crippen molar-refractivity contribution in [3.63, 3.8) is 0 Å². The molecular weight excluding hydrogens is 304 g/mol. The van der Waals surface area contributed by atoms with Crippen molar-refractivity contribution in [2.24, 2.45) is 0 Å². The van der Waals surface area contributed by atoms with Gasteiger partial charge in [0.2, 0.25) is 5.88 Å². The maximum absolute atomic E-state index is 5.76. The first kappa shape index (κ1) is 11.0. The van der Waals surface area contributed by atoms with Crippen molar-refractivity contribution < 1.29 is 9.47 Å². The van der Waals surface area contributed by atoms with E-state index in [4.69, 9.17) is 21.1 Å². The van der Waals surface area contributed by atoms with Crippen molar-refractivity contribution in [3.05, 3.63) is 20.4 Å². The topological polar surface area (TPSA) is 31.4 Å². The molecule has 0 fully saturated rings. The van der Waals surface area contributed by atoms with Gasteiger partial charge in [0.05, 0.1) is 19.3 Å². The molecule has 1 rings (SSSR count). The van der Waals surface area contributed by atoms with Crippen LogP contribution in [-0.4, -0.2) is 19.2 Å². The quantitative estimate of drug-likeness (QED) is 0.635. The molecule has 0 saturated carbocycles. The van der Waals surface area contributed by atoms with Crippen LogP contribution in [0.4, 0.5) is 0 Å². The fraction of sp³-hybridized carbons (Fsp3) is 0.375. The van der Waals surface area contributed by atoms with Gasteiger partial charge in [-0.3, -0.25) is 0 Å². The molecule has 1 aromatic rings. The third kappa shape index (κ3) is 2.69. The normalized spacial score (nSPS) is 10.2. The molecule has 0 N–H and O–H groups in total. The minimum Gasteiger partial charge on any atom is -0.481 e. The summed E-state index contributed by atoms with van der Waals surface area (Å²) < 4.78 is 11.1. The molecule has 0 atom stereocenters. The number of ether oxygens (including phenoxy) is 2. The third-order valence-electron chi connectivity index (χ3n) is 1.48. The van der Waals surface area contributed by atoms with Crippen molar-refractivity contribution in [1.82, 2.24) is 4.98 Å². The van der Waals surface area contributed by atoms with Crippen molar-refractivity contribution >= 4 is 34.2 Å². The van der Waals surface area contributed by atoms with Crippen molar-refractivity contribution in [2.45, 2.75) is 6.61 Å². The second-order valence-electron chi connectivity index (χ2n) is 2.35. The van der Waals surface area contributed by atoms with Gasteiger partial charge in [0.15, 0.2) is 0 Å². The minimum atomic E-state index is 0.432. The molecule has 13 heavy (non-hydrogen) atoms. The van der Waals surface area contributed by atoms with Gasteiger partial charge in [-0.2, -0.15) is 0 Å². The molecule has 0 amide bonds. The van der Waals surface area contributed by atoms with Crippen LogP contribution in [-0.2, 0) is 11.3 Å². The Labute approximate surface area is 95.5 Å². The highest BCUT2D eigenvalue weighted by molar-refractivity contribution is 14.1. The zero-order chi connectivity index (χ0) is 9.84. The Morgan fingerprint density at radius 2 is 2.23 bits per heavy atom. The maximum atomic E-state index is 5.76. The molecule has 0 aliphatic carbocycles. The Morgan fingerprint density at radius 3 is 2.77 bits per heavy atom. The lowest BCUT2D eigenvalue weighted by Crippen LogP contribution is -1.99. The summed E-state index contributed by atoms with van der Waals surface area (Å²) in [5, 5.41) is 0.432. The summed E-state index contributed by atoms with van der Waals surface area (Å²) in [4.78, 5) is 4.03. The smallest absolute Gasteiger partial charge is 0.221 e. The molecule has 72 valence electrons. The van der Waals surface area contributed by atoms with Crippen LogP contribution in [0.2, 0.25) is 5.15 Å². The number of nitrogens with zero attached hydrogens (tertiary/aromatic N) is 1. The van der Waals surface area contributed by atoms with Crippen LogP contribution in [0.5, 0.6) is 5.88 Å². The van der Waals surface area contributed by atoms with Gasteiger partial charge in [-0.05, 0) is 28.7 Å². The van der Waals surface area contributed by atoms with Gasteiger partial charge < -0.3 is 9.47 Å². The zero-order valence-corrected chi connectivity index (χ0v) is 10.2. The van der Waals surface area contributed by atoms with Crippen LogP contribution in [0, 0.1) is 3.57 Å². The average molecular weight is 314 g/mol. The molecule has 1 aromatic heterocycles. The molecule has 0 unspecified atom stereocenters. The van der Waals surface area contributed by atoms with Crippen LogP contribution in [0.3, 0.4) is 0 Å². The molecule has 5 heteroatoms. The van der Waals surface area contributed by atoms with Gasteiger partial charge in [0.25, 0.3) is 0 Å². The molecular formula is C8H9ClINO2. The van der Waals surface area contributed by atoms with Crippen LogP contribution >= 0.6 is 34.2 Å². The highest BCUT2D eigenvalue weighted by Gasteiger charge is 2.10. The van der Waals surface area contributed by atoms with E-state index in [0.29, 0.717) is 17.6 Å². The van der Waals surface area contributed by atoms with E-state index in [1.54, 1.807) is 20.3 Å². The summed E-state index contributed by atoms with van der Waals surface area (Å²) in [6.07, 6.45) is 0. The van der Waals surface area contributed by atoms with Gasteiger partial charge >= 0.3 is 0 Å². The molecule has 0 aliphatic rings. The predicted octanol–water partition coefficient (Wildman–Crippen LogP) is 2.49. The van der Waals surface area contributed by atoms with E-state index in [1.807, 2.05) is 0 Å². The van der Waals surface area contributed by atoms with Crippen LogP contribution in [0.1, 0.15) is 5.56 Å². The minimum absolute atomic E-state index is 0.432. The largest absolute Gasteiger partial charge is 0.481 e. The Morgan fingerprint density at radius 1 is 1.54 bits per heavy atom. The summed E-state index contributed by atoms with van der Waals surface area (Å²) >= 11 is 7.94. The molecule has 0 bridgehead atoms. The van der Waals surface area contributed by atoms with Crippen molar-refractivity contribution in [2.75, 3.05) is 14.2 Å². The van der Waals surface area contributed by atoms with E-state index < -0.39 is 0 Å². The molecule has 0 aliphatic heterocycles. The number of hydrogen-bond acceptors (Lipinski definition) is 3. The van der Waals surface area contributed by atoms with E-state index in [0.717, 1.165) is 9.13 Å². The number of pyridine rings is 1. The third-order valence-corrected chi connectivity index (χ3v) is 2.64. The fourth-order valence-electron chi connectivity index (χ4n) is 0.934. The van der Waals surface area contributed by atoms with Gasteiger partial charge in [-0.25, -0.2) is 4.98 Å². The first-order valence-corrected chi connectivity index (χ1v) is 5.02. The van der Waals surface area contributed by atoms with E-state index in [9.17, 15) is 0 Å². The number of rotatable bonds is 3. The lowest BCUT2D eigenvalue weighted by Gasteiger charge is -2.08. The molecule has 0 aromatic carbocycles. The summed E-state index contributed by atoms with van der Waals surface area (Å²) in [6.45, 7) is 0.478. The number of halogens is 2. The maximum Gasteiger partial charge on any atom is 0.221 e. The summed E-state index contributed by atoms with van der Waals surface area (Å²) in [5.41, 5.74) is 0.926. The van der Waals surface area contributed by atoms with Crippen molar-refractivity contribution in [1.29, 1.82) is 0 Å². The number of aromatic nitrogens is 1. The van der Waals surface area contributed by atoms with E-state index in [-0.39, 0.29) is 0 Å². The van der Waals surface area contributed by atoms with Gasteiger partial charge in [0.1, 0.15) is 5.15 Å². The van der Waals surface area contributed by atoms with Crippen molar-refractivity contribution in [3.8, 4) is 5.88 Å². The first-order chi connectivity index (χ1) is 6.19. The van der Waals surface area contributed by atoms with Gasteiger partial charge in [0, 0.05) is 10.7 Å². The molecule has 3 nitrogen and oxygen atoms in total. The first-order valence-electron chi connectivity index (χ1n) is 3.57. The molecule has 0 saturated heterocycles. The molecule has 0 spiro atoms. The SMILES string of the molecule is COCc1c(I)cc(Cl)nc1OC. The summed E-state index contributed by atoms with van der Waals surface area (Å²) in [6, 6.07) is 1.78. The standard InChI is InChI=1S/C8H9ClINO2/c1-12-4-5-6(10)3-7(9)11-8(5)13-2/h3H,4H2,1-2H3. The average Bonchev–Trinajstić information content (AvgIpc) is 2.09. The Kier molecular flexibility index (Phi) is 4.21. The highest BCUT2D eigenvalue weighted by atomic mass is 127. The summed E-state index contributed by atoms with van der Waals surface area (Å²) in [5.74, 6) is 0.527. The molecule has 0 radical (unpaired) electrons. The van der Waals surface area contributed by atoms with Crippen LogP contribution in [0.25, 0.3) is 0 Å². The Balaban J connectivity index is 3.13. The number of methoxy groups -OCH3 is 2. The lowest BCUT2D eigenvalue weighted by molar-refractivity contribution is 0.180. The Hall–Kier alpha value is -0.0700. The van der Waals surface area contributed by atoms with E-state index in [1.165, 1.54) is 0 Å². The monoisotopic (exact) mass is 313 g/mol. The van der Waals surface area contributed by atoms with E-state index >= 15 is 0 Å². The van der Waals surface area contributed by atoms with Crippen LogP contribution < -0.4 is 4.74 Å². The predicted molar refractivity (Wildman–Crippen MR) is 59.2 cm³/mol. The second kappa shape index (κ2) is 4.97. The van der Waals surface area contributed by atoms with Crippen LogP contribution in [0.15, 0.2) is 6.07 Å². The summed E-state index contributed by atoms with van der Waals surface area (Å²) in [7, 11) is 3.19. The fourth-order valence-corrected chi connectivity index (χ4v) is 1.99. The highest BCUT2D eigenvalue weighted by Crippen LogP contribution is 2.25. The van der Waals surface area contributed by atoms with Gasteiger partial charge in [-0.1, -0.05) is 11.6 Å². The van der Waals surface area contributed by atoms with E-state index in [2.05, 4.69) is 27.6 Å². The molecule has 1 heterocycles. The van der Waals surface area contributed by atoms with Gasteiger partial charge in [-0.15, -0.1) is 0 Å². The Bertz CT molecular complexity index is 306. The second-order valence-corrected chi connectivity index (χ2v) is 3.90. The zero-order valence-electron chi connectivity index (χ0n) is 7.30. The lowest BCUT2D eigenvalue weighted by atomic mass is 10.3.